The molecule has 2 aromatic carbocycles. The van der Waals surface area contributed by atoms with Crippen molar-refractivity contribution in [2.45, 2.75) is 90.6 Å². The Morgan fingerprint density at radius 3 is 1.60 bits per heavy atom. The number of rotatable bonds is 12. The van der Waals surface area contributed by atoms with Crippen molar-refractivity contribution in [2.24, 2.45) is 17.8 Å². The summed E-state index contributed by atoms with van der Waals surface area (Å²) in [4.78, 5) is 0. The Labute approximate surface area is 298 Å². The first-order chi connectivity index (χ1) is 21.6. The fraction of sp³-hybridized carbons (Fsp3) is 0.459. The molecule has 2 bridgehead atoms. The largest absolute Gasteiger partial charge is 0.547 e. The summed E-state index contributed by atoms with van der Waals surface area (Å²) in [7, 11) is -7.94. The van der Waals surface area contributed by atoms with E-state index < -0.39 is 33.3 Å². The molecule has 0 N–H and O–H groups in total. The maximum absolute atomic E-state index is 7.03. The monoisotopic (exact) mass is 744 g/mol. The highest BCUT2D eigenvalue weighted by Crippen LogP contribution is 2.55. The first-order valence-corrected chi connectivity index (χ1v) is 31.1. The molecule has 10 heteroatoms. The fourth-order valence-corrected chi connectivity index (χ4v) is 10.2. The first-order valence-electron chi connectivity index (χ1n) is 16.7. The lowest BCUT2D eigenvalue weighted by Gasteiger charge is -2.51. The average Bonchev–Trinajstić information content (AvgIpc) is 2.88. The normalized spacial score (nSPS) is 24.1. The molecule has 5 atom stereocenters. The van der Waals surface area contributed by atoms with E-state index in [-0.39, 0.29) is 29.8 Å². The van der Waals surface area contributed by atoms with Gasteiger partial charge in [0.05, 0.1) is 29.3 Å². The smallest absolute Gasteiger partial charge is 0.242 e. The third-order valence-corrected chi connectivity index (χ3v) is 11.6. The lowest BCUT2D eigenvalue weighted by atomic mass is 9.61. The second kappa shape index (κ2) is 14.6. The van der Waals surface area contributed by atoms with Crippen LogP contribution in [-0.2, 0) is 17.7 Å². The molecular weight excluding hydrogens is 692 g/mol. The zero-order chi connectivity index (χ0) is 34.9. The quantitative estimate of drug-likeness (QED) is 0.123. The molecule has 47 heavy (non-hydrogen) atoms. The molecule has 256 valence electrons. The lowest BCUT2D eigenvalue weighted by Crippen LogP contribution is -2.49. The van der Waals surface area contributed by atoms with Crippen molar-refractivity contribution in [2.75, 3.05) is 0 Å². The molecule has 2 aromatic rings. The van der Waals surface area contributed by atoms with Gasteiger partial charge >= 0.3 is 0 Å². The molecule has 0 aliphatic heterocycles. The van der Waals surface area contributed by atoms with Crippen molar-refractivity contribution < 1.29 is 17.7 Å². The summed E-state index contributed by atoms with van der Waals surface area (Å²) in [6.45, 7) is 27.0. The molecule has 4 nitrogen and oxygen atoms in total. The standard InChI is InChI=1S/C37H54Cl2O4Si4/c1-44(2,3)40-31(22-15-26-13-18-29(38)19-14-26)23-28-24-32(41-45(4,5)6)37-34(43-47(10,11)12)25-33(42-46(7,8)9)35(28)36(37)27-16-20-30(39)21-17-27/h13-25,28,34-37H,1-12H3/b22-15+,31-23+/t28-,34-,35+,36+,37-/m0/s1. The molecule has 0 spiro atoms. The summed E-state index contributed by atoms with van der Waals surface area (Å²) < 4.78 is 27.9. The van der Waals surface area contributed by atoms with E-state index in [1.165, 1.54) is 5.56 Å². The van der Waals surface area contributed by atoms with Crippen LogP contribution in [0.3, 0.4) is 0 Å². The van der Waals surface area contributed by atoms with Crippen LogP contribution in [0, 0.1) is 17.8 Å². The highest BCUT2D eigenvalue weighted by atomic mass is 35.5. The molecule has 2 aliphatic rings. The van der Waals surface area contributed by atoms with Gasteiger partial charge < -0.3 is 17.7 Å². The Bertz CT molecular complexity index is 1510. The molecule has 0 radical (unpaired) electrons. The predicted molar refractivity (Wildman–Crippen MR) is 211 cm³/mol. The van der Waals surface area contributed by atoms with Gasteiger partial charge in [-0.2, -0.15) is 0 Å². The van der Waals surface area contributed by atoms with Gasteiger partial charge in [-0.15, -0.1) is 0 Å². The molecule has 0 unspecified atom stereocenters. The van der Waals surface area contributed by atoms with E-state index >= 15 is 0 Å². The van der Waals surface area contributed by atoms with Crippen molar-refractivity contribution in [1.82, 2.24) is 0 Å². The Morgan fingerprint density at radius 2 is 1.11 bits per heavy atom. The molecule has 4 rings (SSSR count). The number of fused-ring (bicyclic) bond motifs is 2. The molecule has 0 aromatic heterocycles. The molecule has 0 fully saturated rings. The minimum atomic E-state index is -2.00. The van der Waals surface area contributed by atoms with Crippen LogP contribution in [0.1, 0.15) is 17.0 Å². The predicted octanol–water partition coefficient (Wildman–Crippen LogP) is 12.1. The van der Waals surface area contributed by atoms with E-state index in [2.05, 4.69) is 121 Å². The van der Waals surface area contributed by atoms with Crippen molar-refractivity contribution in [3.8, 4) is 0 Å². The summed E-state index contributed by atoms with van der Waals surface area (Å²) in [5.41, 5.74) is 2.28. The second-order valence-corrected chi connectivity index (χ2v) is 35.3. The zero-order valence-electron chi connectivity index (χ0n) is 30.3. The highest BCUT2D eigenvalue weighted by Gasteiger charge is 2.52. The maximum Gasteiger partial charge on any atom is 0.242 e. The summed E-state index contributed by atoms with van der Waals surface area (Å²) in [5.74, 6) is 2.92. The van der Waals surface area contributed by atoms with Gasteiger partial charge in [0.25, 0.3) is 0 Å². The maximum atomic E-state index is 7.03. The van der Waals surface area contributed by atoms with Gasteiger partial charge in [-0.05, 0) is 138 Å². The summed E-state index contributed by atoms with van der Waals surface area (Å²) in [6.07, 6.45) is 11.0. The van der Waals surface area contributed by atoms with E-state index in [0.717, 1.165) is 32.9 Å². The van der Waals surface area contributed by atoms with E-state index in [0.29, 0.717) is 0 Å². The van der Waals surface area contributed by atoms with Gasteiger partial charge in [-0.1, -0.05) is 53.5 Å². The molecule has 2 aliphatic carbocycles. The fourth-order valence-electron chi connectivity index (χ4n) is 6.25. The second-order valence-electron chi connectivity index (χ2n) is 16.6. The van der Waals surface area contributed by atoms with E-state index in [1.54, 1.807) is 0 Å². The Kier molecular flexibility index (Phi) is 11.8. The van der Waals surface area contributed by atoms with Gasteiger partial charge in [0.15, 0.2) is 8.32 Å². The van der Waals surface area contributed by atoms with Crippen molar-refractivity contribution in [3.63, 3.8) is 0 Å². The number of allylic oxidation sites excluding steroid dienone is 4. The van der Waals surface area contributed by atoms with E-state index in [4.69, 9.17) is 40.9 Å². The van der Waals surface area contributed by atoms with Gasteiger partial charge in [0.1, 0.15) is 0 Å². The third kappa shape index (κ3) is 11.4. The summed E-state index contributed by atoms with van der Waals surface area (Å²) in [5, 5.41) is 1.44. The van der Waals surface area contributed by atoms with Crippen molar-refractivity contribution >= 4 is 62.5 Å². The lowest BCUT2D eigenvalue weighted by molar-refractivity contribution is 0.0782. The zero-order valence-corrected chi connectivity index (χ0v) is 35.8. The van der Waals surface area contributed by atoms with E-state index in [9.17, 15) is 0 Å². The third-order valence-electron chi connectivity index (χ3n) is 7.57. The SMILES string of the molecule is C[Si](C)(C)OC1=C[C@H](O[Si](C)(C)C)[C@@H]2C(O[Si](C)(C)C)=C[C@H](/C=C(\C=C\c3ccc(Cl)cc3)O[Si](C)(C)C)[C@H]1[C@H]2c1ccc(Cl)cc1. The number of benzene rings is 2. The van der Waals surface area contributed by atoms with Crippen molar-refractivity contribution in [3.05, 3.63) is 111 Å². The van der Waals surface area contributed by atoms with Crippen LogP contribution in [0.4, 0.5) is 0 Å². The van der Waals surface area contributed by atoms with Crippen LogP contribution in [0.5, 0.6) is 0 Å². The number of halogens is 2. The van der Waals surface area contributed by atoms with Crippen LogP contribution in [-0.4, -0.2) is 39.4 Å². The minimum Gasteiger partial charge on any atom is -0.547 e. The van der Waals surface area contributed by atoms with Crippen LogP contribution in [0.25, 0.3) is 6.08 Å². The Morgan fingerprint density at radius 1 is 0.596 bits per heavy atom. The number of hydrogen-bond donors (Lipinski definition) is 0. The Hall–Kier alpha value is -1.79. The molecule has 0 amide bonds. The highest BCUT2D eigenvalue weighted by molar-refractivity contribution is 6.71. The van der Waals surface area contributed by atoms with E-state index in [1.807, 2.05) is 36.4 Å². The van der Waals surface area contributed by atoms with Crippen LogP contribution < -0.4 is 0 Å². The summed E-state index contributed by atoms with van der Waals surface area (Å²) >= 11 is 12.6. The van der Waals surface area contributed by atoms with Gasteiger partial charge in [0, 0.05) is 27.8 Å². The Balaban J connectivity index is 1.98. The first kappa shape index (κ1) is 38.0. The average molecular weight is 746 g/mol. The summed E-state index contributed by atoms with van der Waals surface area (Å²) in [6, 6.07) is 16.2. The van der Waals surface area contributed by atoms with Crippen LogP contribution in [0.2, 0.25) is 88.6 Å². The van der Waals surface area contributed by atoms with Gasteiger partial charge in [0.2, 0.25) is 25.0 Å². The topological polar surface area (TPSA) is 36.9 Å². The minimum absolute atomic E-state index is 0.00392. The van der Waals surface area contributed by atoms with Crippen LogP contribution in [0.15, 0.2) is 90.1 Å². The molecule has 0 saturated carbocycles. The van der Waals surface area contributed by atoms with Crippen molar-refractivity contribution in [1.29, 1.82) is 0 Å². The molecular formula is C37H54Cl2O4Si4. The van der Waals surface area contributed by atoms with Gasteiger partial charge in [-0.3, -0.25) is 0 Å². The van der Waals surface area contributed by atoms with Crippen LogP contribution >= 0.6 is 23.2 Å². The molecule has 0 heterocycles. The number of hydrogen-bond acceptors (Lipinski definition) is 4. The van der Waals surface area contributed by atoms with Gasteiger partial charge in [-0.25, -0.2) is 0 Å². The molecule has 0 saturated heterocycles.